The normalized spacial score (nSPS) is 11.8. The first kappa shape index (κ1) is 10.9. The highest BCUT2D eigenvalue weighted by atomic mass is 16.3. The fourth-order valence-corrected chi connectivity index (χ4v) is 1.46. The molecule has 0 N–H and O–H groups in total. The van der Waals surface area contributed by atoms with Crippen LogP contribution in [0.4, 0.5) is 0 Å². The summed E-state index contributed by atoms with van der Waals surface area (Å²) in [5.74, 6) is 0.671. The van der Waals surface area contributed by atoms with Crippen molar-refractivity contribution in [2.75, 3.05) is 0 Å². The molecule has 2 aromatic heterocycles. The van der Waals surface area contributed by atoms with Gasteiger partial charge in [-0.05, 0) is 18.6 Å². The third-order valence-electron chi connectivity index (χ3n) is 2.52. The van der Waals surface area contributed by atoms with Gasteiger partial charge in [-0.25, -0.2) is 4.98 Å². The maximum absolute atomic E-state index is 5.52. The first-order chi connectivity index (χ1) is 7.48. The SMILES string of the molecule is Cc1cnccc1-c1nc(C(C)(C)C)co1. The average molecular weight is 216 g/mol. The number of oxazole rings is 1. The minimum atomic E-state index is 0.0166. The lowest BCUT2D eigenvalue weighted by Crippen LogP contribution is -2.11. The number of hydrogen-bond acceptors (Lipinski definition) is 3. The van der Waals surface area contributed by atoms with Crippen LogP contribution in [-0.2, 0) is 5.41 Å². The van der Waals surface area contributed by atoms with E-state index in [1.54, 1.807) is 12.5 Å². The van der Waals surface area contributed by atoms with Crippen LogP contribution in [0.3, 0.4) is 0 Å². The third-order valence-corrected chi connectivity index (χ3v) is 2.52. The van der Waals surface area contributed by atoms with Crippen LogP contribution < -0.4 is 0 Å². The predicted molar refractivity (Wildman–Crippen MR) is 63.2 cm³/mol. The van der Waals surface area contributed by atoms with E-state index < -0.39 is 0 Å². The summed E-state index contributed by atoms with van der Waals surface area (Å²) in [7, 11) is 0. The number of hydrogen-bond donors (Lipinski definition) is 0. The molecule has 0 fully saturated rings. The molecule has 3 nitrogen and oxygen atoms in total. The largest absolute Gasteiger partial charge is 0.444 e. The van der Waals surface area contributed by atoms with Crippen LogP contribution in [0.2, 0.25) is 0 Å². The molecule has 0 radical (unpaired) electrons. The lowest BCUT2D eigenvalue weighted by molar-refractivity contribution is 0.543. The van der Waals surface area contributed by atoms with E-state index in [4.69, 9.17) is 4.42 Å². The molecule has 84 valence electrons. The van der Waals surface area contributed by atoms with Crippen LogP contribution in [0.25, 0.3) is 11.5 Å². The van der Waals surface area contributed by atoms with Crippen molar-refractivity contribution in [2.24, 2.45) is 0 Å². The summed E-state index contributed by atoms with van der Waals surface area (Å²) in [6, 6.07) is 1.92. The fraction of sp³-hybridized carbons (Fsp3) is 0.385. The Labute approximate surface area is 95.5 Å². The highest BCUT2D eigenvalue weighted by Gasteiger charge is 2.19. The Morgan fingerprint density at radius 2 is 2.00 bits per heavy atom. The number of nitrogens with zero attached hydrogens (tertiary/aromatic N) is 2. The number of rotatable bonds is 1. The standard InChI is InChI=1S/C13H16N2O/c1-9-7-14-6-5-10(9)12-15-11(8-16-12)13(2,3)4/h5-8H,1-4H3. The van der Waals surface area contributed by atoms with E-state index in [0.29, 0.717) is 5.89 Å². The van der Waals surface area contributed by atoms with E-state index in [2.05, 4.69) is 30.7 Å². The van der Waals surface area contributed by atoms with E-state index in [1.807, 2.05) is 19.2 Å². The summed E-state index contributed by atoms with van der Waals surface area (Å²) < 4.78 is 5.52. The van der Waals surface area contributed by atoms with Crippen LogP contribution in [0.1, 0.15) is 32.0 Å². The van der Waals surface area contributed by atoms with Crippen LogP contribution >= 0.6 is 0 Å². The summed E-state index contributed by atoms with van der Waals surface area (Å²) in [6.45, 7) is 8.36. The molecule has 0 aliphatic heterocycles. The zero-order chi connectivity index (χ0) is 11.8. The number of aromatic nitrogens is 2. The fourth-order valence-electron chi connectivity index (χ4n) is 1.46. The second kappa shape index (κ2) is 3.74. The molecule has 0 amide bonds. The Kier molecular flexibility index (Phi) is 2.54. The maximum atomic E-state index is 5.52. The predicted octanol–water partition coefficient (Wildman–Crippen LogP) is 3.34. The van der Waals surface area contributed by atoms with Gasteiger partial charge >= 0.3 is 0 Å². The van der Waals surface area contributed by atoms with Gasteiger partial charge in [0.05, 0.1) is 5.69 Å². The van der Waals surface area contributed by atoms with Gasteiger partial charge in [0.15, 0.2) is 0 Å². The molecule has 0 aliphatic rings. The van der Waals surface area contributed by atoms with Crippen molar-refractivity contribution in [3.63, 3.8) is 0 Å². The van der Waals surface area contributed by atoms with Crippen molar-refractivity contribution in [3.05, 3.63) is 36.0 Å². The molecule has 0 atom stereocenters. The minimum Gasteiger partial charge on any atom is -0.444 e. The Bertz CT molecular complexity index is 495. The van der Waals surface area contributed by atoms with Gasteiger partial charge in [-0.2, -0.15) is 0 Å². The molecule has 2 heterocycles. The summed E-state index contributed by atoms with van der Waals surface area (Å²) in [5, 5.41) is 0. The molecule has 16 heavy (non-hydrogen) atoms. The molecular formula is C13H16N2O. The van der Waals surface area contributed by atoms with Gasteiger partial charge in [0.1, 0.15) is 6.26 Å². The monoisotopic (exact) mass is 216 g/mol. The number of pyridine rings is 1. The summed E-state index contributed by atoms with van der Waals surface area (Å²) in [5.41, 5.74) is 3.07. The lowest BCUT2D eigenvalue weighted by atomic mass is 9.93. The zero-order valence-corrected chi connectivity index (χ0v) is 10.1. The Morgan fingerprint density at radius 1 is 1.25 bits per heavy atom. The van der Waals surface area contributed by atoms with Gasteiger partial charge in [0.25, 0.3) is 0 Å². The highest BCUT2D eigenvalue weighted by molar-refractivity contribution is 5.57. The molecule has 0 spiro atoms. The van der Waals surface area contributed by atoms with E-state index in [0.717, 1.165) is 16.8 Å². The quantitative estimate of drug-likeness (QED) is 0.733. The first-order valence-corrected chi connectivity index (χ1v) is 5.35. The van der Waals surface area contributed by atoms with Crippen molar-refractivity contribution in [1.82, 2.24) is 9.97 Å². The van der Waals surface area contributed by atoms with Crippen molar-refractivity contribution >= 4 is 0 Å². The molecular weight excluding hydrogens is 200 g/mol. The van der Waals surface area contributed by atoms with Gasteiger partial charge in [0.2, 0.25) is 5.89 Å². The molecule has 2 aromatic rings. The molecule has 0 saturated heterocycles. The zero-order valence-electron chi connectivity index (χ0n) is 10.1. The third kappa shape index (κ3) is 1.98. The van der Waals surface area contributed by atoms with Crippen molar-refractivity contribution in [1.29, 1.82) is 0 Å². The summed E-state index contributed by atoms with van der Waals surface area (Å²) in [6.07, 6.45) is 5.30. The van der Waals surface area contributed by atoms with Gasteiger partial charge in [0, 0.05) is 23.4 Å². The van der Waals surface area contributed by atoms with E-state index in [-0.39, 0.29) is 5.41 Å². The Balaban J connectivity index is 2.44. The molecule has 0 saturated carbocycles. The van der Waals surface area contributed by atoms with Crippen molar-refractivity contribution in [3.8, 4) is 11.5 Å². The molecule has 0 bridgehead atoms. The Hall–Kier alpha value is -1.64. The first-order valence-electron chi connectivity index (χ1n) is 5.35. The summed E-state index contributed by atoms with van der Waals surface area (Å²) in [4.78, 5) is 8.57. The van der Waals surface area contributed by atoms with Crippen LogP contribution in [0.5, 0.6) is 0 Å². The van der Waals surface area contributed by atoms with E-state index >= 15 is 0 Å². The molecule has 0 aliphatic carbocycles. The van der Waals surface area contributed by atoms with Crippen molar-refractivity contribution < 1.29 is 4.42 Å². The summed E-state index contributed by atoms with van der Waals surface area (Å²) >= 11 is 0. The van der Waals surface area contributed by atoms with Crippen molar-refractivity contribution in [2.45, 2.75) is 33.1 Å². The second-order valence-electron chi connectivity index (χ2n) is 4.98. The average Bonchev–Trinajstić information content (AvgIpc) is 2.66. The highest BCUT2D eigenvalue weighted by Crippen LogP contribution is 2.27. The number of aryl methyl sites for hydroxylation is 1. The van der Waals surface area contributed by atoms with Crippen LogP contribution in [-0.4, -0.2) is 9.97 Å². The smallest absolute Gasteiger partial charge is 0.226 e. The Morgan fingerprint density at radius 3 is 2.56 bits per heavy atom. The van der Waals surface area contributed by atoms with E-state index in [9.17, 15) is 0 Å². The van der Waals surface area contributed by atoms with Gasteiger partial charge < -0.3 is 4.42 Å². The van der Waals surface area contributed by atoms with Crippen LogP contribution in [0.15, 0.2) is 29.1 Å². The van der Waals surface area contributed by atoms with Gasteiger partial charge in [-0.1, -0.05) is 20.8 Å². The van der Waals surface area contributed by atoms with Gasteiger partial charge in [-0.15, -0.1) is 0 Å². The maximum Gasteiger partial charge on any atom is 0.226 e. The molecule has 2 rings (SSSR count). The minimum absolute atomic E-state index is 0.0166. The second-order valence-corrected chi connectivity index (χ2v) is 4.98. The van der Waals surface area contributed by atoms with Gasteiger partial charge in [-0.3, -0.25) is 4.98 Å². The van der Waals surface area contributed by atoms with E-state index in [1.165, 1.54) is 0 Å². The topological polar surface area (TPSA) is 38.9 Å². The lowest BCUT2D eigenvalue weighted by Gasteiger charge is -2.13. The van der Waals surface area contributed by atoms with Crippen LogP contribution in [0, 0.1) is 6.92 Å². The molecule has 0 aromatic carbocycles. The molecule has 0 unspecified atom stereocenters. The molecule has 3 heteroatoms.